The van der Waals surface area contributed by atoms with Crippen molar-refractivity contribution in [3.63, 3.8) is 0 Å². The van der Waals surface area contributed by atoms with E-state index in [1.807, 2.05) is 30.3 Å². The van der Waals surface area contributed by atoms with Crippen LogP contribution in [0.1, 0.15) is 23.4 Å². The number of Topliss-reactive ketones (excluding diaryl/α,β-unsaturated/α-hetero) is 1. The van der Waals surface area contributed by atoms with Crippen molar-refractivity contribution in [2.75, 3.05) is 26.2 Å². The van der Waals surface area contributed by atoms with E-state index in [4.69, 9.17) is 13.9 Å². The molecule has 5 rings (SSSR count). The summed E-state index contributed by atoms with van der Waals surface area (Å²) in [6, 6.07) is 16.1. The van der Waals surface area contributed by atoms with Crippen LogP contribution in [0.5, 0.6) is 11.5 Å². The number of likely N-dealkylation sites (tertiary alicyclic amines) is 1. The Hall–Kier alpha value is -3.81. The predicted octanol–water partition coefficient (Wildman–Crippen LogP) is 2.81. The van der Waals surface area contributed by atoms with Gasteiger partial charge in [0.1, 0.15) is 12.2 Å². The van der Waals surface area contributed by atoms with Crippen LogP contribution < -0.4 is 14.8 Å². The van der Waals surface area contributed by atoms with E-state index in [1.54, 1.807) is 29.2 Å². The highest BCUT2D eigenvalue weighted by Crippen LogP contribution is 2.31. The van der Waals surface area contributed by atoms with Gasteiger partial charge in [-0.2, -0.15) is 0 Å². The third-order valence-electron chi connectivity index (χ3n) is 6.11. The first-order valence-corrected chi connectivity index (χ1v) is 11.1. The Kier molecular flexibility index (Phi) is 5.73. The molecule has 2 aliphatic heterocycles. The number of ketones is 1. The lowest BCUT2D eigenvalue weighted by atomic mass is 9.96. The van der Waals surface area contributed by atoms with Crippen molar-refractivity contribution >= 4 is 28.6 Å². The number of benzene rings is 2. The highest BCUT2D eigenvalue weighted by molar-refractivity contribution is 6.42. The highest BCUT2D eigenvalue weighted by atomic mass is 16.6. The predicted molar refractivity (Wildman–Crippen MR) is 119 cm³/mol. The monoisotopic (exact) mass is 448 g/mol. The maximum absolute atomic E-state index is 12.7. The molecule has 2 aromatic carbocycles. The zero-order valence-electron chi connectivity index (χ0n) is 18.0. The fourth-order valence-corrected chi connectivity index (χ4v) is 4.19. The molecule has 170 valence electrons. The van der Waals surface area contributed by atoms with Crippen LogP contribution >= 0.6 is 0 Å². The van der Waals surface area contributed by atoms with Crippen molar-refractivity contribution < 1.29 is 28.3 Å². The fourth-order valence-electron chi connectivity index (χ4n) is 4.19. The molecule has 1 aromatic heterocycles. The molecular weight excluding hydrogens is 424 g/mol. The Balaban J connectivity index is 1.09. The van der Waals surface area contributed by atoms with Crippen LogP contribution in [0.25, 0.3) is 11.0 Å². The second kappa shape index (κ2) is 8.97. The fraction of sp³-hybridized carbons (Fsp3) is 0.320. The summed E-state index contributed by atoms with van der Waals surface area (Å²) in [5.41, 5.74) is 0.582. The number of amides is 2. The molecule has 1 N–H and O–H groups in total. The molecule has 1 unspecified atom stereocenters. The lowest BCUT2D eigenvalue weighted by molar-refractivity contribution is -0.131. The molecule has 8 heteroatoms. The SMILES string of the molecule is O=C(C(=O)N1CCC(CNC(=O)C2COc3ccccc3O2)CC1)c1cc2ccccc2o1. The number of fused-ring (bicyclic) bond motifs is 2. The Labute approximate surface area is 190 Å². The van der Waals surface area contributed by atoms with Crippen LogP contribution in [0.3, 0.4) is 0 Å². The molecule has 3 aromatic rings. The zero-order valence-corrected chi connectivity index (χ0v) is 18.0. The molecule has 2 amide bonds. The highest BCUT2D eigenvalue weighted by Gasteiger charge is 2.31. The number of piperidine rings is 1. The molecule has 3 heterocycles. The van der Waals surface area contributed by atoms with E-state index in [1.165, 1.54) is 0 Å². The molecule has 1 fully saturated rings. The topological polar surface area (TPSA) is 98.1 Å². The lowest BCUT2D eigenvalue weighted by Gasteiger charge is -2.32. The molecule has 2 aliphatic rings. The molecule has 1 atom stereocenters. The van der Waals surface area contributed by atoms with E-state index in [9.17, 15) is 14.4 Å². The normalized spacial score (nSPS) is 18.2. The third kappa shape index (κ3) is 4.41. The van der Waals surface area contributed by atoms with Crippen molar-refractivity contribution in [1.82, 2.24) is 10.2 Å². The van der Waals surface area contributed by atoms with Crippen molar-refractivity contribution in [3.05, 3.63) is 60.4 Å². The van der Waals surface area contributed by atoms with Gasteiger partial charge in [0.25, 0.3) is 17.6 Å². The van der Waals surface area contributed by atoms with Crippen LogP contribution in [0.2, 0.25) is 0 Å². The standard InChI is InChI=1S/C25H24N2O6/c28-23(21-13-17-5-1-2-6-18(17)32-21)25(30)27-11-9-16(10-12-27)14-26-24(29)22-15-31-19-7-3-4-8-20(19)33-22/h1-8,13,16,22H,9-12,14-15H2,(H,26,29). The molecular formula is C25H24N2O6. The summed E-state index contributed by atoms with van der Waals surface area (Å²) in [5.74, 6) is 0.0716. The minimum absolute atomic E-state index is 0.0619. The number of carbonyl (C=O) groups is 3. The second-order valence-corrected chi connectivity index (χ2v) is 8.32. The maximum Gasteiger partial charge on any atom is 0.298 e. The Morgan fingerprint density at radius 1 is 0.970 bits per heavy atom. The number of nitrogens with one attached hydrogen (secondary N) is 1. The Morgan fingerprint density at radius 3 is 2.48 bits per heavy atom. The summed E-state index contributed by atoms with van der Waals surface area (Å²) in [6.45, 7) is 1.57. The molecule has 0 saturated carbocycles. The maximum atomic E-state index is 12.7. The number of para-hydroxylation sites is 3. The van der Waals surface area contributed by atoms with Gasteiger partial charge in [0.05, 0.1) is 0 Å². The first-order chi connectivity index (χ1) is 16.1. The van der Waals surface area contributed by atoms with Gasteiger partial charge in [-0.05, 0) is 43.0 Å². The average molecular weight is 448 g/mol. The largest absolute Gasteiger partial charge is 0.485 e. The van der Waals surface area contributed by atoms with E-state index in [0.29, 0.717) is 49.6 Å². The molecule has 33 heavy (non-hydrogen) atoms. The summed E-state index contributed by atoms with van der Waals surface area (Å²) >= 11 is 0. The zero-order chi connectivity index (χ0) is 22.8. The van der Waals surface area contributed by atoms with Gasteiger partial charge >= 0.3 is 0 Å². The van der Waals surface area contributed by atoms with Gasteiger partial charge in [-0.1, -0.05) is 30.3 Å². The summed E-state index contributed by atoms with van der Waals surface area (Å²) in [4.78, 5) is 39.3. The minimum atomic E-state index is -0.692. The number of rotatable bonds is 5. The number of carbonyl (C=O) groups excluding carboxylic acids is 3. The molecule has 8 nitrogen and oxygen atoms in total. The first-order valence-electron chi connectivity index (χ1n) is 11.1. The summed E-state index contributed by atoms with van der Waals surface area (Å²) in [5, 5.41) is 3.72. The van der Waals surface area contributed by atoms with Crippen LogP contribution in [0.15, 0.2) is 59.0 Å². The molecule has 0 spiro atoms. The average Bonchev–Trinajstić information content (AvgIpc) is 3.31. The van der Waals surface area contributed by atoms with Gasteiger partial charge in [0.2, 0.25) is 6.10 Å². The van der Waals surface area contributed by atoms with E-state index in [0.717, 1.165) is 5.39 Å². The van der Waals surface area contributed by atoms with Crippen molar-refractivity contribution in [1.29, 1.82) is 0 Å². The first kappa shape index (κ1) is 21.1. The van der Waals surface area contributed by atoms with Gasteiger partial charge in [0, 0.05) is 25.0 Å². The summed E-state index contributed by atoms with van der Waals surface area (Å²) in [6.07, 6.45) is 0.706. The van der Waals surface area contributed by atoms with Crippen LogP contribution in [0, 0.1) is 5.92 Å². The Morgan fingerprint density at radius 2 is 1.70 bits per heavy atom. The number of hydrogen-bond acceptors (Lipinski definition) is 6. The number of hydrogen-bond donors (Lipinski definition) is 1. The van der Waals surface area contributed by atoms with Crippen LogP contribution in [0.4, 0.5) is 0 Å². The van der Waals surface area contributed by atoms with E-state index >= 15 is 0 Å². The quantitative estimate of drug-likeness (QED) is 0.476. The molecule has 0 radical (unpaired) electrons. The van der Waals surface area contributed by atoms with E-state index < -0.39 is 17.8 Å². The second-order valence-electron chi connectivity index (χ2n) is 8.32. The minimum Gasteiger partial charge on any atom is -0.485 e. The van der Waals surface area contributed by atoms with Crippen molar-refractivity contribution in [2.24, 2.45) is 5.92 Å². The van der Waals surface area contributed by atoms with E-state index in [-0.39, 0.29) is 24.2 Å². The third-order valence-corrected chi connectivity index (χ3v) is 6.11. The summed E-state index contributed by atoms with van der Waals surface area (Å²) in [7, 11) is 0. The van der Waals surface area contributed by atoms with Crippen molar-refractivity contribution in [3.8, 4) is 11.5 Å². The van der Waals surface area contributed by atoms with Crippen LogP contribution in [-0.2, 0) is 9.59 Å². The molecule has 1 saturated heterocycles. The number of nitrogens with zero attached hydrogens (tertiary/aromatic N) is 1. The molecule has 0 bridgehead atoms. The van der Waals surface area contributed by atoms with Gasteiger partial charge in [0.15, 0.2) is 17.3 Å². The van der Waals surface area contributed by atoms with Gasteiger partial charge in [-0.3, -0.25) is 14.4 Å². The van der Waals surface area contributed by atoms with E-state index in [2.05, 4.69) is 5.32 Å². The lowest BCUT2D eigenvalue weighted by Crippen LogP contribution is -2.47. The van der Waals surface area contributed by atoms with Gasteiger partial charge < -0.3 is 24.1 Å². The number of furan rings is 1. The van der Waals surface area contributed by atoms with Gasteiger partial charge in [-0.25, -0.2) is 0 Å². The smallest absolute Gasteiger partial charge is 0.298 e. The Bertz CT molecular complexity index is 1160. The van der Waals surface area contributed by atoms with Gasteiger partial charge in [-0.15, -0.1) is 0 Å². The molecule has 0 aliphatic carbocycles. The number of ether oxygens (including phenoxy) is 2. The van der Waals surface area contributed by atoms with Crippen molar-refractivity contribution in [2.45, 2.75) is 18.9 Å². The van der Waals surface area contributed by atoms with Crippen LogP contribution in [-0.4, -0.2) is 54.8 Å². The summed E-state index contributed by atoms with van der Waals surface area (Å²) < 4.78 is 16.9.